The van der Waals surface area contributed by atoms with Crippen LogP contribution in [-0.4, -0.2) is 19.2 Å². The lowest BCUT2D eigenvalue weighted by Crippen LogP contribution is -2.11. The van der Waals surface area contributed by atoms with Gasteiger partial charge in [0.1, 0.15) is 11.3 Å². The molecule has 0 heterocycles. The van der Waals surface area contributed by atoms with Crippen LogP contribution in [0, 0.1) is 5.92 Å². The molecular formula is C14H20O3. The summed E-state index contributed by atoms with van der Waals surface area (Å²) in [6.07, 6.45) is 0.820. The molecular weight excluding hydrogens is 216 g/mol. The Morgan fingerprint density at radius 3 is 2.65 bits per heavy atom. The molecule has 0 amide bonds. The smallest absolute Gasteiger partial charge is 0.341 e. The first kappa shape index (κ1) is 13.6. The standard InChI is InChI=1S/C14H20O3/c1-4-9-16-14(15)12-7-5-6-8-13(12)17-10-11(2)3/h5-8,11H,4,9-10H2,1-3H3. The SMILES string of the molecule is CCCOC(=O)c1ccccc1OCC(C)C. The van der Waals surface area contributed by atoms with Crippen molar-refractivity contribution in [3.8, 4) is 5.75 Å². The van der Waals surface area contributed by atoms with Gasteiger partial charge >= 0.3 is 5.97 Å². The van der Waals surface area contributed by atoms with E-state index in [0.717, 1.165) is 6.42 Å². The van der Waals surface area contributed by atoms with Crippen LogP contribution < -0.4 is 4.74 Å². The number of ether oxygens (including phenoxy) is 2. The molecule has 0 N–H and O–H groups in total. The van der Waals surface area contributed by atoms with Crippen molar-refractivity contribution >= 4 is 5.97 Å². The maximum absolute atomic E-state index is 11.8. The van der Waals surface area contributed by atoms with Gasteiger partial charge in [0, 0.05) is 0 Å². The Morgan fingerprint density at radius 2 is 2.00 bits per heavy atom. The van der Waals surface area contributed by atoms with Crippen LogP contribution in [-0.2, 0) is 4.74 Å². The second-order valence-corrected chi connectivity index (χ2v) is 4.34. The van der Waals surface area contributed by atoms with Crippen molar-refractivity contribution in [3.05, 3.63) is 29.8 Å². The predicted molar refractivity (Wildman–Crippen MR) is 67.3 cm³/mol. The van der Waals surface area contributed by atoms with Gasteiger partial charge in [0.05, 0.1) is 13.2 Å². The van der Waals surface area contributed by atoms with Gasteiger partial charge in [0.15, 0.2) is 0 Å². The third-order valence-electron chi connectivity index (χ3n) is 2.12. The van der Waals surface area contributed by atoms with Crippen LogP contribution in [0.4, 0.5) is 0 Å². The Kier molecular flexibility index (Phi) is 5.53. The van der Waals surface area contributed by atoms with E-state index in [1.165, 1.54) is 0 Å². The van der Waals surface area contributed by atoms with Crippen molar-refractivity contribution in [1.82, 2.24) is 0 Å². The molecule has 0 aliphatic rings. The summed E-state index contributed by atoms with van der Waals surface area (Å²) < 4.78 is 10.7. The number of carbonyl (C=O) groups excluding carboxylic acids is 1. The van der Waals surface area contributed by atoms with Crippen molar-refractivity contribution in [2.75, 3.05) is 13.2 Å². The maximum Gasteiger partial charge on any atom is 0.341 e. The van der Waals surface area contributed by atoms with Crippen molar-refractivity contribution in [1.29, 1.82) is 0 Å². The minimum Gasteiger partial charge on any atom is -0.492 e. The Bertz CT molecular complexity index is 358. The molecule has 0 fully saturated rings. The summed E-state index contributed by atoms with van der Waals surface area (Å²) in [5.41, 5.74) is 0.501. The molecule has 0 bridgehead atoms. The molecule has 0 atom stereocenters. The van der Waals surface area contributed by atoms with E-state index < -0.39 is 0 Å². The summed E-state index contributed by atoms with van der Waals surface area (Å²) >= 11 is 0. The fourth-order valence-corrected chi connectivity index (χ4v) is 1.29. The van der Waals surface area contributed by atoms with E-state index in [4.69, 9.17) is 9.47 Å². The summed E-state index contributed by atoms with van der Waals surface area (Å²) in [6, 6.07) is 7.19. The first-order valence-corrected chi connectivity index (χ1v) is 6.04. The highest BCUT2D eigenvalue weighted by Gasteiger charge is 2.13. The van der Waals surface area contributed by atoms with E-state index in [2.05, 4.69) is 13.8 Å². The number of carbonyl (C=O) groups is 1. The largest absolute Gasteiger partial charge is 0.492 e. The van der Waals surface area contributed by atoms with Crippen LogP contribution >= 0.6 is 0 Å². The van der Waals surface area contributed by atoms with Crippen molar-refractivity contribution in [3.63, 3.8) is 0 Å². The predicted octanol–water partition coefficient (Wildman–Crippen LogP) is 3.29. The van der Waals surface area contributed by atoms with Crippen LogP contribution in [0.2, 0.25) is 0 Å². The third kappa shape index (κ3) is 4.47. The maximum atomic E-state index is 11.8. The van der Waals surface area contributed by atoms with Gasteiger partial charge in [0.25, 0.3) is 0 Å². The quantitative estimate of drug-likeness (QED) is 0.711. The first-order chi connectivity index (χ1) is 8.15. The molecule has 0 saturated carbocycles. The second-order valence-electron chi connectivity index (χ2n) is 4.34. The number of para-hydroxylation sites is 1. The average molecular weight is 236 g/mol. The van der Waals surface area contributed by atoms with Crippen LogP contribution in [0.3, 0.4) is 0 Å². The zero-order valence-corrected chi connectivity index (χ0v) is 10.7. The fourth-order valence-electron chi connectivity index (χ4n) is 1.29. The van der Waals surface area contributed by atoms with Crippen LogP contribution in [0.25, 0.3) is 0 Å². The molecule has 0 aromatic heterocycles. The lowest BCUT2D eigenvalue weighted by molar-refractivity contribution is 0.0500. The summed E-state index contributed by atoms with van der Waals surface area (Å²) in [6.45, 7) is 7.14. The molecule has 0 radical (unpaired) electrons. The van der Waals surface area contributed by atoms with E-state index in [1.54, 1.807) is 12.1 Å². The molecule has 0 spiro atoms. The second kappa shape index (κ2) is 6.94. The third-order valence-corrected chi connectivity index (χ3v) is 2.12. The van der Waals surface area contributed by atoms with Gasteiger partial charge in [-0.05, 0) is 24.5 Å². The fraction of sp³-hybridized carbons (Fsp3) is 0.500. The minimum absolute atomic E-state index is 0.314. The Balaban J connectivity index is 2.73. The summed E-state index contributed by atoms with van der Waals surface area (Å²) in [5.74, 6) is 0.711. The van der Waals surface area contributed by atoms with Gasteiger partial charge in [-0.15, -0.1) is 0 Å². The Hall–Kier alpha value is -1.51. The normalized spacial score (nSPS) is 10.4. The van der Waals surface area contributed by atoms with Gasteiger partial charge in [-0.3, -0.25) is 0 Å². The zero-order valence-electron chi connectivity index (χ0n) is 10.7. The van der Waals surface area contributed by atoms with Gasteiger partial charge in [-0.25, -0.2) is 4.79 Å². The first-order valence-electron chi connectivity index (χ1n) is 6.04. The zero-order chi connectivity index (χ0) is 12.7. The summed E-state index contributed by atoms with van der Waals surface area (Å²) in [7, 11) is 0. The highest BCUT2D eigenvalue weighted by atomic mass is 16.5. The topological polar surface area (TPSA) is 35.5 Å². The molecule has 1 rings (SSSR count). The van der Waals surface area contributed by atoms with Gasteiger partial charge < -0.3 is 9.47 Å². The Morgan fingerprint density at radius 1 is 1.29 bits per heavy atom. The van der Waals surface area contributed by atoms with E-state index in [-0.39, 0.29) is 5.97 Å². The molecule has 3 heteroatoms. The molecule has 17 heavy (non-hydrogen) atoms. The molecule has 0 aliphatic heterocycles. The van der Waals surface area contributed by atoms with E-state index in [9.17, 15) is 4.79 Å². The molecule has 3 nitrogen and oxygen atoms in total. The van der Waals surface area contributed by atoms with Crippen molar-refractivity contribution in [2.24, 2.45) is 5.92 Å². The monoisotopic (exact) mass is 236 g/mol. The lowest BCUT2D eigenvalue weighted by Gasteiger charge is -2.12. The highest BCUT2D eigenvalue weighted by molar-refractivity contribution is 5.92. The molecule has 1 aromatic carbocycles. The molecule has 0 unspecified atom stereocenters. The number of hydrogen-bond donors (Lipinski definition) is 0. The van der Waals surface area contributed by atoms with Crippen molar-refractivity contribution < 1.29 is 14.3 Å². The number of rotatable bonds is 6. The van der Waals surface area contributed by atoms with Crippen LogP contribution in [0.5, 0.6) is 5.75 Å². The summed E-state index contributed by atoms with van der Waals surface area (Å²) in [5, 5.41) is 0. The Labute approximate surface area is 103 Å². The molecule has 94 valence electrons. The van der Waals surface area contributed by atoms with Crippen molar-refractivity contribution in [2.45, 2.75) is 27.2 Å². The molecule has 0 saturated heterocycles. The summed E-state index contributed by atoms with van der Waals surface area (Å²) in [4.78, 5) is 11.8. The van der Waals surface area contributed by atoms with Crippen LogP contribution in [0.15, 0.2) is 24.3 Å². The minimum atomic E-state index is -0.314. The van der Waals surface area contributed by atoms with Gasteiger partial charge in [0.2, 0.25) is 0 Å². The van der Waals surface area contributed by atoms with Gasteiger partial charge in [-0.2, -0.15) is 0 Å². The average Bonchev–Trinajstić information content (AvgIpc) is 2.33. The van der Waals surface area contributed by atoms with Crippen LogP contribution in [0.1, 0.15) is 37.6 Å². The number of benzene rings is 1. The van der Waals surface area contributed by atoms with E-state index >= 15 is 0 Å². The lowest BCUT2D eigenvalue weighted by atomic mass is 10.2. The molecule has 0 aliphatic carbocycles. The van der Waals surface area contributed by atoms with Gasteiger partial charge in [-0.1, -0.05) is 32.9 Å². The number of esters is 1. The van der Waals surface area contributed by atoms with E-state index in [0.29, 0.717) is 30.4 Å². The van der Waals surface area contributed by atoms with E-state index in [1.807, 2.05) is 19.1 Å². The molecule has 1 aromatic rings. The highest BCUT2D eigenvalue weighted by Crippen LogP contribution is 2.19. The number of hydrogen-bond acceptors (Lipinski definition) is 3.